The summed E-state index contributed by atoms with van der Waals surface area (Å²) in [6.07, 6.45) is 2.73. The summed E-state index contributed by atoms with van der Waals surface area (Å²) < 4.78 is 0. The Morgan fingerprint density at radius 2 is 2.00 bits per heavy atom. The number of piperidine rings is 1. The smallest absolute Gasteiger partial charge is 0.310 e. The van der Waals surface area contributed by atoms with E-state index in [9.17, 15) is 19.8 Å². The number of aliphatic hydroxyl groups is 1. The molecule has 2 atom stereocenters. The molecule has 1 aliphatic heterocycles. The number of aliphatic carboxylic acids is 1. The van der Waals surface area contributed by atoms with Gasteiger partial charge in [-0.2, -0.15) is 0 Å². The zero-order valence-electron chi connectivity index (χ0n) is 12.1. The Hall–Kier alpha value is -1.10. The van der Waals surface area contributed by atoms with Crippen LogP contribution in [0.2, 0.25) is 0 Å². The quantitative estimate of drug-likeness (QED) is 0.794. The highest BCUT2D eigenvalue weighted by Gasteiger charge is 2.41. The van der Waals surface area contributed by atoms with Crippen LogP contribution in [0.1, 0.15) is 46.5 Å². The fraction of sp³-hybridized carbons (Fsp3) is 0.857. The van der Waals surface area contributed by atoms with Gasteiger partial charge in [-0.1, -0.05) is 13.8 Å². The Bertz CT molecular complexity index is 342. The Morgan fingerprint density at radius 3 is 2.47 bits per heavy atom. The zero-order valence-corrected chi connectivity index (χ0v) is 12.1. The van der Waals surface area contributed by atoms with E-state index < -0.39 is 11.4 Å². The maximum Gasteiger partial charge on any atom is 0.310 e. The fourth-order valence-electron chi connectivity index (χ4n) is 2.46. The average Bonchev–Trinajstić information content (AvgIpc) is 2.37. The molecule has 1 saturated heterocycles. The average molecular weight is 271 g/mol. The molecule has 0 aliphatic carbocycles. The number of likely N-dealkylation sites (tertiary alicyclic amines) is 1. The van der Waals surface area contributed by atoms with Gasteiger partial charge in [-0.05, 0) is 32.1 Å². The highest BCUT2D eigenvalue weighted by Crippen LogP contribution is 2.33. The maximum absolute atomic E-state index is 12.3. The van der Waals surface area contributed by atoms with Gasteiger partial charge < -0.3 is 15.1 Å². The monoisotopic (exact) mass is 271 g/mol. The van der Waals surface area contributed by atoms with Gasteiger partial charge in [0.2, 0.25) is 5.91 Å². The Kier molecular flexibility index (Phi) is 5.35. The van der Waals surface area contributed by atoms with Crippen LogP contribution in [-0.2, 0) is 9.59 Å². The molecule has 1 fully saturated rings. The lowest BCUT2D eigenvalue weighted by molar-refractivity contribution is -0.156. The second kappa shape index (κ2) is 6.37. The second-order valence-corrected chi connectivity index (χ2v) is 5.97. The molecule has 2 N–H and O–H groups in total. The van der Waals surface area contributed by atoms with Crippen LogP contribution >= 0.6 is 0 Å². The van der Waals surface area contributed by atoms with Crippen molar-refractivity contribution in [1.29, 1.82) is 0 Å². The molecule has 1 amide bonds. The molecule has 0 spiro atoms. The van der Waals surface area contributed by atoms with Crippen molar-refractivity contribution in [3.63, 3.8) is 0 Å². The van der Waals surface area contributed by atoms with Crippen LogP contribution in [0.3, 0.4) is 0 Å². The van der Waals surface area contributed by atoms with Crippen molar-refractivity contribution in [2.45, 2.75) is 52.5 Å². The van der Waals surface area contributed by atoms with E-state index in [2.05, 4.69) is 0 Å². The minimum atomic E-state index is -1.05. The van der Waals surface area contributed by atoms with Crippen LogP contribution in [-0.4, -0.2) is 46.2 Å². The molecule has 0 aromatic rings. The van der Waals surface area contributed by atoms with Crippen LogP contribution in [0.15, 0.2) is 0 Å². The lowest BCUT2D eigenvalue weighted by Gasteiger charge is -2.37. The molecule has 1 heterocycles. The van der Waals surface area contributed by atoms with Gasteiger partial charge in [-0.15, -0.1) is 0 Å². The normalized spacial score (nSPS) is 23.2. The molecule has 19 heavy (non-hydrogen) atoms. The number of rotatable bonds is 5. The van der Waals surface area contributed by atoms with E-state index in [1.807, 2.05) is 13.8 Å². The Morgan fingerprint density at radius 1 is 1.37 bits per heavy atom. The van der Waals surface area contributed by atoms with Gasteiger partial charge in [-0.3, -0.25) is 9.59 Å². The summed E-state index contributed by atoms with van der Waals surface area (Å²) in [5.74, 6) is -1.21. The van der Waals surface area contributed by atoms with Crippen molar-refractivity contribution in [2.24, 2.45) is 11.3 Å². The van der Waals surface area contributed by atoms with Crippen molar-refractivity contribution in [3.05, 3.63) is 0 Å². The first-order chi connectivity index (χ1) is 8.82. The molecule has 0 aromatic heterocycles. The van der Waals surface area contributed by atoms with Crippen molar-refractivity contribution >= 4 is 11.9 Å². The Labute approximate surface area is 114 Å². The number of hydrogen-bond acceptors (Lipinski definition) is 3. The van der Waals surface area contributed by atoms with Gasteiger partial charge in [0.15, 0.2) is 0 Å². The van der Waals surface area contributed by atoms with Crippen LogP contribution in [0.4, 0.5) is 0 Å². The SMILES string of the molecule is CC(C)C(C)(CC(=O)N1CCCCC1CO)C(=O)O. The molecule has 0 saturated carbocycles. The lowest BCUT2D eigenvalue weighted by atomic mass is 9.76. The van der Waals surface area contributed by atoms with Crippen molar-refractivity contribution in [2.75, 3.05) is 13.2 Å². The van der Waals surface area contributed by atoms with E-state index in [0.29, 0.717) is 6.54 Å². The molecule has 0 bridgehead atoms. The summed E-state index contributed by atoms with van der Waals surface area (Å²) in [4.78, 5) is 25.4. The number of nitrogens with zero attached hydrogens (tertiary/aromatic N) is 1. The number of carbonyl (C=O) groups is 2. The van der Waals surface area contributed by atoms with Crippen LogP contribution in [0.25, 0.3) is 0 Å². The molecule has 5 heteroatoms. The molecular weight excluding hydrogens is 246 g/mol. The lowest BCUT2D eigenvalue weighted by Crippen LogP contribution is -2.48. The summed E-state index contributed by atoms with van der Waals surface area (Å²) >= 11 is 0. The number of carboxylic acids is 1. The molecule has 5 nitrogen and oxygen atoms in total. The summed E-state index contributed by atoms with van der Waals surface area (Å²) in [5.41, 5.74) is -1.05. The minimum Gasteiger partial charge on any atom is -0.481 e. The number of amides is 1. The first-order valence-electron chi connectivity index (χ1n) is 6.96. The molecule has 0 aromatic carbocycles. The van der Waals surface area contributed by atoms with E-state index in [1.165, 1.54) is 0 Å². The van der Waals surface area contributed by atoms with E-state index >= 15 is 0 Å². The van der Waals surface area contributed by atoms with Gasteiger partial charge >= 0.3 is 5.97 Å². The van der Waals surface area contributed by atoms with E-state index in [1.54, 1.807) is 11.8 Å². The summed E-state index contributed by atoms with van der Waals surface area (Å²) in [5, 5.41) is 18.7. The first-order valence-corrected chi connectivity index (χ1v) is 6.96. The fourth-order valence-corrected chi connectivity index (χ4v) is 2.46. The number of hydrogen-bond donors (Lipinski definition) is 2. The predicted octanol–water partition coefficient (Wildman–Crippen LogP) is 1.50. The van der Waals surface area contributed by atoms with Crippen molar-refractivity contribution < 1.29 is 19.8 Å². The second-order valence-electron chi connectivity index (χ2n) is 5.97. The van der Waals surface area contributed by atoms with Gasteiger partial charge in [0.1, 0.15) is 0 Å². The van der Waals surface area contributed by atoms with E-state index in [-0.39, 0.29) is 30.9 Å². The molecule has 1 aliphatic rings. The third kappa shape index (κ3) is 3.47. The standard InChI is InChI=1S/C14H25NO4/c1-10(2)14(3,13(18)19)8-12(17)15-7-5-4-6-11(15)9-16/h10-11,16H,4-9H2,1-3H3,(H,18,19). The van der Waals surface area contributed by atoms with Gasteiger partial charge in [0.05, 0.1) is 18.1 Å². The number of aliphatic hydroxyl groups excluding tert-OH is 1. The molecule has 110 valence electrons. The van der Waals surface area contributed by atoms with E-state index in [4.69, 9.17) is 0 Å². The van der Waals surface area contributed by atoms with Gasteiger partial charge in [-0.25, -0.2) is 0 Å². The Balaban J connectivity index is 2.79. The minimum absolute atomic E-state index is 0.00347. The van der Waals surface area contributed by atoms with Crippen molar-refractivity contribution in [3.8, 4) is 0 Å². The largest absolute Gasteiger partial charge is 0.481 e. The first kappa shape index (κ1) is 16.0. The number of carboxylic acid groups (broad SMARTS) is 1. The van der Waals surface area contributed by atoms with Crippen LogP contribution < -0.4 is 0 Å². The highest BCUT2D eigenvalue weighted by molar-refractivity contribution is 5.85. The van der Waals surface area contributed by atoms with E-state index in [0.717, 1.165) is 19.3 Å². The maximum atomic E-state index is 12.3. The van der Waals surface area contributed by atoms with Crippen molar-refractivity contribution in [1.82, 2.24) is 4.90 Å². The molecule has 2 unspecified atom stereocenters. The molecular formula is C14H25NO4. The molecule has 1 rings (SSSR count). The van der Waals surface area contributed by atoms with Crippen LogP contribution in [0, 0.1) is 11.3 Å². The third-order valence-corrected chi connectivity index (χ3v) is 4.44. The number of carbonyl (C=O) groups excluding carboxylic acids is 1. The summed E-state index contributed by atoms with van der Waals surface area (Å²) in [7, 11) is 0. The van der Waals surface area contributed by atoms with Crippen LogP contribution in [0.5, 0.6) is 0 Å². The zero-order chi connectivity index (χ0) is 14.6. The molecule has 0 radical (unpaired) electrons. The van der Waals surface area contributed by atoms with Gasteiger partial charge in [0, 0.05) is 13.0 Å². The summed E-state index contributed by atoms with van der Waals surface area (Å²) in [6.45, 7) is 5.84. The van der Waals surface area contributed by atoms with Gasteiger partial charge in [0.25, 0.3) is 0 Å². The summed E-state index contributed by atoms with van der Waals surface area (Å²) in [6, 6.07) is -0.147. The predicted molar refractivity (Wildman–Crippen MR) is 71.6 cm³/mol. The highest BCUT2D eigenvalue weighted by atomic mass is 16.4. The third-order valence-electron chi connectivity index (χ3n) is 4.44. The topological polar surface area (TPSA) is 77.8 Å².